The second-order valence-electron chi connectivity index (χ2n) is 2.59. The highest BCUT2D eigenvalue weighted by atomic mass is 79.9. The highest BCUT2D eigenvalue weighted by molar-refractivity contribution is 9.10. The summed E-state index contributed by atoms with van der Waals surface area (Å²) in [4.78, 5) is 10.9. The summed E-state index contributed by atoms with van der Waals surface area (Å²) in [5, 5.41) is 9.63. The first kappa shape index (κ1) is 11.5. The van der Waals surface area contributed by atoms with Gasteiger partial charge < -0.3 is 5.11 Å². The van der Waals surface area contributed by atoms with Crippen molar-refractivity contribution in [3.63, 3.8) is 0 Å². The van der Waals surface area contributed by atoms with Gasteiger partial charge in [-0.2, -0.15) is 0 Å². The van der Waals surface area contributed by atoms with Gasteiger partial charge in [-0.3, -0.25) is 0 Å². The Labute approximate surface area is 98.9 Å². The average molecular weight is 320 g/mol. The molecule has 0 spiro atoms. The van der Waals surface area contributed by atoms with E-state index >= 15 is 0 Å². The van der Waals surface area contributed by atoms with E-state index in [-0.39, 0.29) is 0 Å². The van der Waals surface area contributed by atoms with Gasteiger partial charge in [-0.25, -0.2) is 4.79 Å². The number of rotatable bonds is 3. The number of benzene rings is 1. The molecule has 0 aliphatic carbocycles. The van der Waals surface area contributed by atoms with Crippen LogP contribution in [0.5, 0.6) is 0 Å². The summed E-state index contributed by atoms with van der Waals surface area (Å²) in [7, 11) is 0. The molecule has 0 fully saturated rings. The van der Waals surface area contributed by atoms with Crippen molar-refractivity contribution in [1.82, 2.24) is 0 Å². The number of carbonyl (C=O) groups is 1. The molecule has 0 heterocycles. The SMILES string of the molecule is O=C(O)c1cc(Br)ccc1C=CCBr. The van der Waals surface area contributed by atoms with E-state index in [0.717, 1.165) is 4.47 Å². The summed E-state index contributed by atoms with van der Waals surface area (Å²) in [5.74, 6) is -0.916. The van der Waals surface area contributed by atoms with E-state index in [1.165, 1.54) is 0 Å². The summed E-state index contributed by atoms with van der Waals surface area (Å²) < 4.78 is 0.769. The molecule has 2 nitrogen and oxygen atoms in total. The Balaban J connectivity index is 3.15. The Morgan fingerprint density at radius 2 is 2.21 bits per heavy atom. The highest BCUT2D eigenvalue weighted by Gasteiger charge is 2.07. The van der Waals surface area contributed by atoms with Crippen molar-refractivity contribution in [1.29, 1.82) is 0 Å². The second kappa shape index (κ2) is 5.32. The summed E-state index contributed by atoms with van der Waals surface area (Å²) in [6, 6.07) is 5.18. The number of halogens is 2. The molecular weight excluding hydrogens is 312 g/mol. The van der Waals surface area contributed by atoms with Crippen LogP contribution in [-0.2, 0) is 0 Å². The number of hydrogen-bond donors (Lipinski definition) is 1. The third-order valence-electron chi connectivity index (χ3n) is 1.63. The van der Waals surface area contributed by atoms with Gasteiger partial charge in [0.05, 0.1) is 5.56 Å². The van der Waals surface area contributed by atoms with Gasteiger partial charge in [-0.1, -0.05) is 50.1 Å². The molecule has 1 rings (SSSR count). The molecule has 0 saturated carbocycles. The second-order valence-corrected chi connectivity index (χ2v) is 4.16. The first-order valence-electron chi connectivity index (χ1n) is 3.90. The fourth-order valence-electron chi connectivity index (χ4n) is 1.03. The molecule has 0 atom stereocenters. The zero-order valence-corrected chi connectivity index (χ0v) is 10.4. The van der Waals surface area contributed by atoms with E-state index in [0.29, 0.717) is 16.5 Å². The normalized spacial score (nSPS) is 10.7. The average Bonchev–Trinajstić information content (AvgIpc) is 2.15. The predicted molar refractivity (Wildman–Crippen MR) is 63.9 cm³/mol. The van der Waals surface area contributed by atoms with Crippen molar-refractivity contribution in [3.05, 3.63) is 39.9 Å². The number of aromatic carboxylic acids is 1. The van der Waals surface area contributed by atoms with Gasteiger partial charge in [0, 0.05) is 9.80 Å². The number of hydrogen-bond acceptors (Lipinski definition) is 1. The Morgan fingerprint density at radius 3 is 2.79 bits per heavy atom. The molecular formula is C10H8Br2O2. The molecule has 0 saturated heterocycles. The molecule has 1 aromatic rings. The number of carboxylic acid groups (broad SMARTS) is 1. The van der Waals surface area contributed by atoms with Crippen molar-refractivity contribution in [3.8, 4) is 0 Å². The monoisotopic (exact) mass is 318 g/mol. The van der Waals surface area contributed by atoms with Crippen LogP contribution in [0.15, 0.2) is 28.7 Å². The van der Waals surface area contributed by atoms with Crippen LogP contribution in [0.2, 0.25) is 0 Å². The Hall–Kier alpha value is -0.610. The molecule has 4 heteroatoms. The summed E-state index contributed by atoms with van der Waals surface area (Å²) >= 11 is 6.48. The molecule has 0 bridgehead atoms. The standard InChI is InChI=1S/C10H8Br2O2/c11-5-1-2-7-3-4-8(12)6-9(7)10(13)14/h1-4,6H,5H2,(H,13,14). The maximum Gasteiger partial charge on any atom is 0.336 e. The van der Waals surface area contributed by atoms with Crippen LogP contribution in [0, 0.1) is 0 Å². The van der Waals surface area contributed by atoms with Gasteiger partial charge in [0.25, 0.3) is 0 Å². The Bertz CT molecular complexity index is 372. The lowest BCUT2D eigenvalue weighted by molar-refractivity contribution is 0.0696. The minimum atomic E-state index is -0.916. The first-order chi connectivity index (χ1) is 6.65. The van der Waals surface area contributed by atoms with E-state index in [1.807, 2.05) is 12.1 Å². The highest BCUT2D eigenvalue weighted by Crippen LogP contribution is 2.18. The first-order valence-corrected chi connectivity index (χ1v) is 5.82. The summed E-state index contributed by atoms with van der Waals surface area (Å²) in [6.45, 7) is 0. The molecule has 1 aromatic carbocycles. The van der Waals surface area contributed by atoms with Crippen LogP contribution in [0.1, 0.15) is 15.9 Å². The van der Waals surface area contributed by atoms with Crippen LogP contribution < -0.4 is 0 Å². The smallest absolute Gasteiger partial charge is 0.336 e. The third kappa shape index (κ3) is 2.96. The van der Waals surface area contributed by atoms with Gasteiger partial charge in [0.2, 0.25) is 0 Å². The van der Waals surface area contributed by atoms with Gasteiger partial charge >= 0.3 is 5.97 Å². The third-order valence-corrected chi connectivity index (χ3v) is 2.50. The van der Waals surface area contributed by atoms with Gasteiger partial charge in [-0.15, -0.1) is 0 Å². The van der Waals surface area contributed by atoms with E-state index in [9.17, 15) is 4.79 Å². The van der Waals surface area contributed by atoms with Gasteiger partial charge in [0.15, 0.2) is 0 Å². The lowest BCUT2D eigenvalue weighted by Gasteiger charge is -2.01. The Kier molecular flexibility index (Phi) is 4.35. The van der Waals surface area contributed by atoms with E-state index in [1.54, 1.807) is 18.2 Å². The quantitative estimate of drug-likeness (QED) is 0.865. The topological polar surface area (TPSA) is 37.3 Å². The fraction of sp³-hybridized carbons (Fsp3) is 0.100. The predicted octanol–water partition coefficient (Wildman–Crippen LogP) is 3.56. The molecule has 0 aromatic heterocycles. The van der Waals surface area contributed by atoms with Gasteiger partial charge in [0.1, 0.15) is 0 Å². The number of carboxylic acids is 1. The van der Waals surface area contributed by atoms with Crippen molar-refractivity contribution in [2.75, 3.05) is 5.33 Å². The molecule has 0 radical (unpaired) electrons. The molecule has 74 valence electrons. The zero-order valence-electron chi connectivity index (χ0n) is 7.21. The number of alkyl halides is 1. The molecule has 0 aliphatic rings. The fourth-order valence-corrected chi connectivity index (χ4v) is 1.58. The molecule has 14 heavy (non-hydrogen) atoms. The van der Waals surface area contributed by atoms with Crippen molar-refractivity contribution >= 4 is 43.9 Å². The number of allylic oxidation sites excluding steroid dienone is 1. The van der Waals surface area contributed by atoms with E-state index in [2.05, 4.69) is 31.9 Å². The molecule has 0 aliphatic heterocycles. The van der Waals surface area contributed by atoms with Gasteiger partial charge in [-0.05, 0) is 17.7 Å². The van der Waals surface area contributed by atoms with E-state index < -0.39 is 5.97 Å². The minimum absolute atomic E-state index is 0.302. The lowest BCUT2D eigenvalue weighted by Crippen LogP contribution is -1.99. The van der Waals surface area contributed by atoms with E-state index in [4.69, 9.17) is 5.11 Å². The summed E-state index contributed by atoms with van der Waals surface area (Å²) in [5.41, 5.74) is 1.01. The zero-order chi connectivity index (χ0) is 10.6. The minimum Gasteiger partial charge on any atom is -0.478 e. The van der Waals surface area contributed by atoms with Crippen molar-refractivity contribution in [2.45, 2.75) is 0 Å². The van der Waals surface area contributed by atoms with Crippen LogP contribution in [-0.4, -0.2) is 16.4 Å². The maximum atomic E-state index is 10.9. The molecule has 1 N–H and O–H groups in total. The van der Waals surface area contributed by atoms with Crippen LogP contribution in [0.3, 0.4) is 0 Å². The maximum absolute atomic E-state index is 10.9. The van der Waals surface area contributed by atoms with Crippen molar-refractivity contribution < 1.29 is 9.90 Å². The Morgan fingerprint density at radius 1 is 1.50 bits per heavy atom. The van der Waals surface area contributed by atoms with Crippen LogP contribution in [0.25, 0.3) is 6.08 Å². The molecule has 0 unspecified atom stereocenters. The summed E-state index contributed by atoms with van der Waals surface area (Å²) in [6.07, 6.45) is 3.64. The van der Waals surface area contributed by atoms with Crippen molar-refractivity contribution in [2.24, 2.45) is 0 Å². The van der Waals surface area contributed by atoms with Crippen LogP contribution >= 0.6 is 31.9 Å². The van der Waals surface area contributed by atoms with Crippen LogP contribution in [0.4, 0.5) is 0 Å². The largest absolute Gasteiger partial charge is 0.478 e. The lowest BCUT2D eigenvalue weighted by atomic mass is 10.1. The molecule has 0 amide bonds.